The van der Waals surface area contributed by atoms with Crippen LogP contribution in [0, 0.1) is 13.8 Å². The highest BCUT2D eigenvalue weighted by atomic mass is 32.1. The Morgan fingerprint density at radius 1 is 1.22 bits per heavy atom. The molecule has 2 aromatic heterocycles. The second-order valence-corrected chi connectivity index (χ2v) is 6.21. The van der Waals surface area contributed by atoms with Crippen molar-refractivity contribution in [3.05, 3.63) is 46.6 Å². The van der Waals surface area contributed by atoms with Gasteiger partial charge in [-0.15, -0.1) is 11.3 Å². The summed E-state index contributed by atoms with van der Waals surface area (Å²) >= 11 is 1.21. The lowest BCUT2D eigenvalue weighted by Gasteiger charge is -2.23. The third kappa shape index (κ3) is 2.66. The summed E-state index contributed by atoms with van der Waals surface area (Å²) < 4.78 is 0. The van der Waals surface area contributed by atoms with Gasteiger partial charge in [0.2, 0.25) is 0 Å². The zero-order valence-corrected chi connectivity index (χ0v) is 14.0. The van der Waals surface area contributed by atoms with Crippen molar-refractivity contribution in [2.45, 2.75) is 20.8 Å². The lowest BCUT2D eigenvalue weighted by Crippen LogP contribution is -2.18. The molecule has 0 atom stereocenters. The van der Waals surface area contributed by atoms with Crippen LogP contribution in [0.3, 0.4) is 0 Å². The number of thiophene rings is 1. The SMILES string of the molecule is CCN(c1ccccc1)c1nc(C)nc2sc(C(=O)O)c(C)c12. The number of anilines is 2. The largest absolute Gasteiger partial charge is 0.477 e. The zero-order valence-electron chi connectivity index (χ0n) is 13.2. The monoisotopic (exact) mass is 327 g/mol. The predicted molar refractivity (Wildman–Crippen MR) is 93.0 cm³/mol. The van der Waals surface area contributed by atoms with Crippen molar-refractivity contribution in [2.24, 2.45) is 0 Å². The van der Waals surface area contributed by atoms with Crippen LogP contribution in [-0.2, 0) is 0 Å². The van der Waals surface area contributed by atoms with Gasteiger partial charge in [0, 0.05) is 12.2 Å². The fraction of sp³-hybridized carbons (Fsp3) is 0.235. The third-order valence-electron chi connectivity index (χ3n) is 3.72. The maximum absolute atomic E-state index is 11.4. The second kappa shape index (κ2) is 5.96. The fourth-order valence-corrected chi connectivity index (χ4v) is 3.74. The molecule has 118 valence electrons. The molecule has 0 radical (unpaired) electrons. The number of aryl methyl sites for hydroxylation is 2. The molecule has 1 aromatic carbocycles. The Balaban J connectivity index is 2.29. The van der Waals surface area contributed by atoms with Crippen molar-refractivity contribution in [3.63, 3.8) is 0 Å². The highest BCUT2D eigenvalue weighted by Crippen LogP contribution is 2.37. The average molecular weight is 327 g/mol. The van der Waals surface area contributed by atoms with Crippen LogP contribution in [0.1, 0.15) is 28.0 Å². The third-order valence-corrected chi connectivity index (χ3v) is 4.89. The standard InChI is InChI=1S/C17H17N3O2S/c1-4-20(12-8-6-5-7-9-12)15-13-10(2)14(17(21)22)23-16(13)19-11(3)18-15/h5-9H,4H2,1-3H3,(H,21,22). The van der Waals surface area contributed by atoms with Crippen molar-refractivity contribution in [3.8, 4) is 0 Å². The minimum atomic E-state index is -0.920. The van der Waals surface area contributed by atoms with Gasteiger partial charge in [-0.2, -0.15) is 0 Å². The average Bonchev–Trinajstić information content (AvgIpc) is 2.86. The summed E-state index contributed by atoms with van der Waals surface area (Å²) in [5, 5.41) is 10.2. The molecule has 1 N–H and O–H groups in total. The molecule has 5 nitrogen and oxygen atoms in total. The van der Waals surface area contributed by atoms with Gasteiger partial charge in [-0.05, 0) is 38.5 Å². The van der Waals surface area contributed by atoms with Crippen molar-refractivity contribution in [1.82, 2.24) is 9.97 Å². The second-order valence-electron chi connectivity index (χ2n) is 5.22. The number of carboxylic acids is 1. The number of aromatic nitrogens is 2. The number of nitrogens with zero attached hydrogens (tertiary/aromatic N) is 3. The highest BCUT2D eigenvalue weighted by molar-refractivity contribution is 7.20. The number of carboxylic acid groups (broad SMARTS) is 1. The van der Waals surface area contributed by atoms with E-state index < -0.39 is 5.97 Å². The van der Waals surface area contributed by atoms with E-state index in [1.54, 1.807) is 0 Å². The fourth-order valence-electron chi connectivity index (χ4n) is 2.68. The quantitative estimate of drug-likeness (QED) is 0.779. The minimum Gasteiger partial charge on any atom is -0.477 e. The van der Waals surface area contributed by atoms with E-state index in [9.17, 15) is 9.90 Å². The predicted octanol–water partition coefficient (Wildman–Crippen LogP) is 4.16. The summed E-state index contributed by atoms with van der Waals surface area (Å²) in [5.74, 6) is 0.486. The molecule has 6 heteroatoms. The van der Waals surface area contributed by atoms with Crippen LogP contribution in [0.25, 0.3) is 10.2 Å². The van der Waals surface area contributed by atoms with Gasteiger partial charge in [-0.25, -0.2) is 14.8 Å². The Kier molecular flexibility index (Phi) is 4.00. The maximum atomic E-state index is 11.4. The van der Waals surface area contributed by atoms with Crippen LogP contribution >= 0.6 is 11.3 Å². The van der Waals surface area contributed by atoms with Crippen molar-refractivity contribution in [1.29, 1.82) is 0 Å². The first kappa shape index (κ1) is 15.4. The number of para-hydroxylation sites is 1. The van der Waals surface area contributed by atoms with Gasteiger partial charge in [0.25, 0.3) is 0 Å². The Labute approximate surface area is 138 Å². The Morgan fingerprint density at radius 2 is 1.91 bits per heavy atom. The summed E-state index contributed by atoms with van der Waals surface area (Å²) in [6.07, 6.45) is 0. The van der Waals surface area contributed by atoms with Crippen LogP contribution in [0.2, 0.25) is 0 Å². The zero-order chi connectivity index (χ0) is 16.6. The molecule has 2 heterocycles. The first-order chi connectivity index (χ1) is 11.0. The van der Waals surface area contributed by atoms with Crippen LogP contribution in [0.5, 0.6) is 0 Å². The number of benzene rings is 1. The van der Waals surface area contributed by atoms with Crippen LogP contribution in [-0.4, -0.2) is 27.6 Å². The molecule has 0 bridgehead atoms. The molecule has 0 spiro atoms. The van der Waals surface area contributed by atoms with E-state index in [0.29, 0.717) is 10.7 Å². The summed E-state index contributed by atoms with van der Waals surface area (Å²) in [5.41, 5.74) is 1.75. The molecule has 0 saturated heterocycles. The maximum Gasteiger partial charge on any atom is 0.346 e. The van der Waals surface area contributed by atoms with E-state index in [1.807, 2.05) is 44.2 Å². The van der Waals surface area contributed by atoms with E-state index in [1.165, 1.54) is 11.3 Å². The number of hydrogen-bond donors (Lipinski definition) is 1. The van der Waals surface area contributed by atoms with Gasteiger partial charge in [0.15, 0.2) is 0 Å². The number of hydrogen-bond acceptors (Lipinski definition) is 5. The number of carbonyl (C=O) groups is 1. The lowest BCUT2D eigenvalue weighted by molar-refractivity contribution is 0.0701. The van der Waals surface area contributed by atoms with Gasteiger partial charge in [-0.3, -0.25) is 0 Å². The molecule has 0 aliphatic rings. The molecule has 0 aliphatic heterocycles. The lowest BCUT2D eigenvalue weighted by atomic mass is 10.1. The van der Waals surface area contributed by atoms with Crippen molar-refractivity contribution < 1.29 is 9.90 Å². The van der Waals surface area contributed by atoms with Crippen molar-refractivity contribution in [2.75, 3.05) is 11.4 Å². The van der Waals surface area contributed by atoms with Crippen LogP contribution < -0.4 is 4.90 Å². The van der Waals surface area contributed by atoms with Crippen LogP contribution in [0.15, 0.2) is 30.3 Å². The summed E-state index contributed by atoms with van der Waals surface area (Å²) in [4.78, 5) is 23.6. The molecule has 23 heavy (non-hydrogen) atoms. The molecule has 0 amide bonds. The summed E-state index contributed by atoms with van der Waals surface area (Å²) in [6.45, 7) is 6.43. The summed E-state index contributed by atoms with van der Waals surface area (Å²) in [6, 6.07) is 9.97. The first-order valence-corrected chi connectivity index (χ1v) is 8.18. The highest BCUT2D eigenvalue weighted by Gasteiger charge is 2.22. The Morgan fingerprint density at radius 3 is 2.52 bits per heavy atom. The molecular weight excluding hydrogens is 310 g/mol. The van der Waals surface area contributed by atoms with E-state index in [4.69, 9.17) is 0 Å². The molecule has 0 saturated carbocycles. The molecule has 0 aliphatic carbocycles. The van der Waals surface area contributed by atoms with Crippen LogP contribution in [0.4, 0.5) is 11.5 Å². The molecule has 0 fully saturated rings. The van der Waals surface area contributed by atoms with Gasteiger partial charge >= 0.3 is 5.97 Å². The van der Waals surface area contributed by atoms with E-state index in [2.05, 4.69) is 21.8 Å². The topological polar surface area (TPSA) is 66.3 Å². The molecule has 0 unspecified atom stereocenters. The van der Waals surface area contributed by atoms with Gasteiger partial charge in [-0.1, -0.05) is 18.2 Å². The van der Waals surface area contributed by atoms with Gasteiger partial charge < -0.3 is 10.0 Å². The number of fused-ring (bicyclic) bond motifs is 1. The van der Waals surface area contributed by atoms with E-state index in [-0.39, 0.29) is 0 Å². The number of rotatable bonds is 4. The first-order valence-electron chi connectivity index (χ1n) is 7.36. The molecular formula is C17H17N3O2S. The Hall–Kier alpha value is -2.47. The Bertz CT molecular complexity index is 874. The number of aromatic carboxylic acids is 1. The van der Waals surface area contributed by atoms with E-state index in [0.717, 1.165) is 33.8 Å². The summed E-state index contributed by atoms with van der Waals surface area (Å²) in [7, 11) is 0. The van der Waals surface area contributed by atoms with Gasteiger partial charge in [0.05, 0.1) is 5.39 Å². The normalized spacial score (nSPS) is 10.9. The molecule has 3 aromatic rings. The van der Waals surface area contributed by atoms with Crippen molar-refractivity contribution >= 4 is 39.0 Å². The smallest absolute Gasteiger partial charge is 0.346 e. The van der Waals surface area contributed by atoms with E-state index >= 15 is 0 Å². The minimum absolute atomic E-state index is 0.324. The van der Waals surface area contributed by atoms with Gasteiger partial charge in [0.1, 0.15) is 21.3 Å². The molecule has 3 rings (SSSR count).